The van der Waals surface area contributed by atoms with Crippen LogP contribution >= 0.6 is 0 Å². The first kappa shape index (κ1) is 15.5. The Hall–Kier alpha value is -1.55. The fourth-order valence-corrected chi connectivity index (χ4v) is 1.46. The SMILES string of the molecule is CCC(C)Oc1ccc(NC(=O)[C@@H](N)C(C)C)cc1. The van der Waals surface area contributed by atoms with Gasteiger partial charge in [0.15, 0.2) is 0 Å². The maximum atomic E-state index is 11.8. The zero-order chi connectivity index (χ0) is 14.4. The quantitative estimate of drug-likeness (QED) is 0.830. The minimum atomic E-state index is -0.490. The van der Waals surface area contributed by atoms with Gasteiger partial charge in [0.05, 0.1) is 12.1 Å². The van der Waals surface area contributed by atoms with Crippen LogP contribution in [0.2, 0.25) is 0 Å². The molecule has 0 aliphatic carbocycles. The molecule has 4 heteroatoms. The number of carbonyl (C=O) groups excluding carboxylic acids is 1. The van der Waals surface area contributed by atoms with Crippen LogP contribution in [0.1, 0.15) is 34.1 Å². The lowest BCUT2D eigenvalue weighted by Crippen LogP contribution is -2.39. The van der Waals surface area contributed by atoms with Crippen LogP contribution in [0.15, 0.2) is 24.3 Å². The first-order valence-corrected chi connectivity index (χ1v) is 6.77. The summed E-state index contributed by atoms with van der Waals surface area (Å²) in [5.41, 5.74) is 6.52. The van der Waals surface area contributed by atoms with Gasteiger partial charge in [0.25, 0.3) is 0 Å². The van der Waals surface area contributed by atoms with Crippen molar-refractivity contribution in [3.8, 4) is 5.75 Å². The molecular weight excluding hydrogens is 240 g/mol. The van der Waals surface area contributed by atoms with Gasteiger partial charge >= 0.3 is 0 Å². The molecule has 1 rings (SSSR count). The molecular formula is C15H24N2O2. The third-order valence-corrected chi connectivity index (χ3v) is 3.06. The molecule has 1 amide bonds. The van der Waals surface area contributed by atoms with Gasteiger partial charge in [-0.2, -0.15) is 0 Å². The third-order valence-electron chi connectivity index (χ3n) is 3.06. The number of anilines is 1. The van der Waals surface area contributed by atoms with E-state index in [0.29, 0.717) is 0 Å². The van der Waals surface area contributed by atoms with Gasteiger partial charge in [0, 0.05) is 5.69 Å². The molecule has 2 atom stereocenters. The highest BCUT2D eigenvalue weighted by atomic mass is 16.5. The van der Waals surface area contributed by atoms with Crippen LogP contribution in [0.5, 0.6) is 5.75 Å². The van der Waals surface area contributed by atoms with E-state index in [2.05, 4.69) is 12.2 Å². The summed E-state index contributed by atoms with van der Waals surface area (Å²) in [4.78, 5) is 11.8. The number of benzene rings is 1. The van der Waals surface area contributed by atoms with Gasteiger partial charge in [-0.3, -0.25) is 4.79 Å². The standard InChI is InChI=1S/C15H24N2O2/c1-5-11(4)19-13-8-6-12(7-9-13)17-15(18)14(16)10(2)3/h6-11,14H,5,16H2,1-4H3,(H,17,18)/t11?,14-/m0/s1. The molecule has 0 aromatic heterocycles. The van der Waals surface area contributed by atoms with Gasteiger partial charge in [-0.25, -0.2) is 0 Å². The lowest BCUT2D eigenvalue weighted by Gasteiger charge is -2.16. The van der Waals surface area contributed by atoms with Crippen molar-refractivity contribution in [1.82, 2.24) is 0 Å². The van der Waals surface area contributed by atoms with E-state index < -0.39 is 6.04 Å². The predicted molar refractivity (Wildman–Crippen MR) is 78.3 cm³/mol. The minimum Gasteiger partial charge on any atom is -0.491 e. The van der Waals surface area contributed by atoms with Crippen LogP contribution in [0, 0.1) is 5.92 Å². The molecule has 0 spiro atoms. The Bertz CT molecular complexity index is 401. The van der Waals surface area contributed by atoms with E-state index in [0.717, 1.165) is 17.9 Å². The maximum absolute atomic E-state index is 11.8. The molecule has 0 fully saturated rings. The maximum Gasteiger partial charge on any atom is 0.241 e. The molecule has 1 unspecified atom stereocenters. The van der Waals surface area contributed by atoms with Crippen LogP contribution in [0.25, 0.3) is 0 Å². The van der Waals surface area contributed by atoms with Gasteiger partial charge in [0.2, 0.25) is 5.91 Å². The first-order valence-electron chi connectivity index (χ1n) is 6.77. The minimum absolute atomic E-state index is 0.119. The molecule has 0 saturated heterocycles. The lowest BCUT2D eigenvalue weighted by atomic mass is 10.1. The van der Waals surface area contributed by atoms with Gasteiger partial charge in [-0.15, -0.1) is 0 Å². The van der Waals surface area contributed by atoms with E-state index in [4.69, 9.17) is 10.5 Å². The van der Waals surface area contributed by atoms with Gasteiger partial charge in [-0.05, 0) is 43.5 Å². The van der Waals surface area contributed by atoms with Crippen LogP contribution in [0.4, 0.5) is 5.69 Å². The van der Waals surface area contributed by atoms with Crippen molar-refractivity contribution in [2.45, 2.75) is 46.3 Å². The topological polar surface area (TPSA) is 64.3 Å². The molecule has 0 heterocycles. The number of carbonyl (C=O) groups is 1. The third kappa shape index (κ3) is 4.91. The summed E-state index contributed by atoms with van der Waals surface area (Å²) in [5, 5.41) is 2.80. The van der Waals surface area contributed by atoms with Crippen molar-refractivity contribution in [2.75, 3.05) is 5.32 Å². The molecule has 4 nitrogen and oxygen atoms in total. The molecule has 0 saturated carbocycles. The smallest absolute Gasteiger partial charge is 0.241 e. The molecule has 0 bridgehead atoms. The number of nitrogens with two attached hydrogens (primary N) is 1. The van der Waals surface area contributed by atoms with Crippen molar-refractivity contribution in [1.29, 1.82) is 0 Å². The summed E-state index contributed by atoms with van der Waals surface area (Å²) in [6.45, 7) is 7.95. The van der Waals surface area contributed by atoms with Crippen molar-refractivity contribution in [2.24, 2.45) is 11.7 Å². The van der Waals surface area contributed by atoms with Crippen LogP contribution in [-0.4, -0.2) is 18.1 Å². The average molecular weight is 264 g/mol. The van der Waals surface area contributed by atoms with E-state index in [1.807, 2.05) is 45.0 Å². The number of nitrogens with one attached hydrogen (secondary N) is 1. The van der Waals surface area contributed by atoms with Crippen LogP contribution < -0.4 is 15.8 Å². The van der Waals surface area contributed by atoms with E-state index >= 15 is 0 Å². The van der Waals surface area contributed by atoms with Gasteiger partial charge in [0.1, 0.15) is 5.75 Å². The molecule has 3 N–H and O–H groups in total. The number of hydrogen-bond donors (Lipinski definition) is 2. The average Bonchev–Trinajstić information content (AvgIpc) is 2.39. The highest BCUT2D eigenvalue weighted by Crippen LogP contribution is 2.18. The molecule has 0 aliphatic heterocycles. The molecule has 19 heavy (non-hydrogen) atoms. The van der Waals surface area contributed by atoms with E-state index in [1.54, 1.807) is 0 Å². The number of rotatable bonds is 6. The van der Waals surface area contributed by atoms with E-state index in [-0.39, 0.29) is 17.9 Å². The van der Waals surface area contributed by atoms with Crippen molar-refractivity contribution in [3.05, 3.63) is 24.3 Å². The summed E-state index contributed by atoms with van der Waals surface area (Å²) in [5.74, 6) is 0.763. The number of hydrogen-bond acceptors (Lipinski definition) is 3. The Morgan fingerprint density at radius 3 is 2.32 bits per heavy atom. The Labute approximate surface area is 115 Å². The Kier molecular flexibility index (Phi) is 5.83. The van der Waals surface area contributed by atoms with E-state index in [1.165, 1.54) is 0 Å². The first-order chi connectivity index (χ1) is 8.93. The number of ether oxygens (including phenoxy) is 1. The summed E-state index contributed by atoms with van der Waals surface area (Å²) in [6, 6.07) is 6.85. The molecule has 1 aromatic carbocycles. The Morgan fingerprint density at radius 1 is 1.26 bits per heavy atom. The lowest BCUT2D eigenvalue weighted by molar-refractivity contribution is -0.118. The second-order valence-electron chi connectivity index (χ2n) is 5.12. The normalized spacial score (nSPS) is 14.0. The Morgan fingerprint density at radius 2 is 1.84 bits per heavy atom. The monoisotopic (exact) mass is 264 g/mol. The zero-order valence-corrected chi connectivity index (χ0v) is 12.1. The van der Waals surface area contributed by atoms with Gasteiger partial charge < -0.3 is 15.8 Å². The number of amides is 1. The fraction of sp³-hybridized carbons (Fsp3) is 0.533. The largest absolute Gasteiger partial charge is 0.491 e. The second-order valence-corrected chi connectivity index (χ2v) is 5.12. The summed E-state index contributed by atoms with van der Waals surface area (Å²) in [7, 11) is 0. The molecule has 0 radical (unpaired) electrons. The van der Waals surface area contributed by atoms with Crippen LogP contribution in [-0.2, 0) is 4.79 Å². The predicted octanol–water partition coefficient (Wildman–Crippen LogP) is 2.79. The Balaban J connectivity index is 2.59. The zero-order valence-electron chi connectivity index (χ0n) is 12.1. The second kappa shape index (κ2) is 7.14. The van der Waals surface area contributed by atoms with E-state index in [9.17, 15) is 4.79 Å². The van der Waals surface area contributed by atoms with Crippen molar-refractivity contribution < 1.29 is 9.53 Å². The summed E-state index contributed by atoms with van der Waals surface area (Å²) < 4.78 is 5.67. The van der Waals surface area contributed by atoms with Gasteiger partial charge in [-0.1, -0.05) is 20.8 Å². The summed E-state index contributed by atoms with van der Waals surface area (Å²) in [6.07, 6.45) is 1.15. The van der Waals surface area contributed by atoms with Crippen molar-refractivity contribution >= 4 is 11.6 Å². The summed E-state index contributed by atoms with van der Waals surface area (Å²) >= 11 is 0. The molecule has 0 aliphatic rings. The van der Waals surface area contributed by atoms with Crippen molar-refractivity contribution in [3.63, 3.8) is 0 Å². The van der Waals surface area contributed by atoms with Crippen LogP contribution in [0.3, 0.4) is 0 Å². The fourth-order valence-electron chi connectivity index (χ4n) is 1.46. The molecule has 106 valence electrons. The molecule has 1 aromatic rings. The highest BCUT2D eigenvalue weighted by Gasteiger charge is 2.17. The highest BCUT2D eigenvalue weighted by molar-refractivity contribution is 5.94.